The minimum absolute atomic E-state index is 0.0832. The summed E-state index contributed by atoms with van der Waals surface area (Å²) in [6, 6.07) is 7.15. The zero-order chi connectivity index (χ0) is 11.7. The molecular formula is C11H10BrNO3. The molecule has 0 aliphatic heterocycles. The van der Waals surface area contributed by atoms with Crippen LogP contribution in [0.2, 0.25) is 0 Å². The Morgan fingerprint density at radius 3 is 2.75 bits per heavy atom. The van der Waals surface area contributed by atoms with Gasteiger partial charge in [-0.2, -0.15) is 0 Å². The largest absolute Gasteiger partial charge is 0.477 e. The van der Waals surface area contributed by atoms with E-state index in [-0.39, 0.29) is 18.8 Å². The van der Waals surface area contributed by atoms with E-state index in [0.717, 1.165) is 15.4 Å². The topological polar surface area (TPSA) is 62.5 Å². The van der Waals surface area contributed by atoms with E-state index < -0.39 is 5.97 Å². The smallest absolute Gasteiger partial charge is 0.352 e. The van der Waals surface area contributed by atoms with E-state index >= 15 is 0 Å². The van der Waals surface area contributed by atoms with E-state index in [1.807, 2.05) is 18.2 Å². The number of carbonyl (C=O) groups is 1. The van der Waals surface area contributed by atoms with E-state index in [9.17, 15) is 4.79 Å². The number of benzene rings is 1. The van der Waals surface area contributed by atoms with Crippen LogP contribution in [-0.2, 0) is 6.54 Å². The number of hydrogen-bond acceptors (Lipinski definition) is 2. The third-order valence-corrected chi connectivity index (χ3v) is 2.90. The molecule has 2 rings (SSSR count). The van der Waals surface area contributed by atoms with Gasteiger partial charge in [-0.3, -0.25) is 0 Å². The van der Waals surface area contributed by atoms with Crippen LogP contribution in [0, 0.1) is 0 Å². The first kappa shape index (κ1) is 11.2. The molecule has 0 spiro atoms. The second-order valence-corrected chi connectivity index (χ2v) is 4.33. The van der Waals surface area contributed by atoms with Gasteiger partial charge in [-0.25, -0.2) is 4.79 Å². The van der Waals surface area contributed by atoms with Gasteiger partial charge in [-0.1, -0.05) is 15.9 Å². The van der Waals surface area contributed by atoms with Gasteiger partial charge in [0.05, 0.1) is 6.61 Å². The monoisotopic (exact) mass is 283 g/mol. The SMILES string of the molecule is O=C(O)c1cc2cc(Br)ccc2n1CCO. The van der Waals surface area contributed by atoms with Gasteiger partial charge in [0.15, 0.2) is 0 Å². The normalized spacial score (nSPS) is 10.9. The number of hydrogen-bond donors (Lipinski definition) is 2. The number of fused-ring (bicyclic) bond motifs is 1. The quantitative estimate of drug-likeness (QED) is 0.907. The number of nitrogens with zero attached hydrogens (tertiary/aromatic N) is 1. The summed E-state index contributed by atoms with van der Waals surface area (Å²) < 4.78 is 2.50. The first-order valence-electron chi connectivity index (χ1n) is 4.76. The van der Waals surface area contributed by atoms with Crippen molar-refractivity contribution in [2.45, 2.75) is 6.54 Å². The Kier molecular flexibility index (Phi) is 2.98. The fourth-order valence-corrected chi connectivity index (χ4v) is 2.14. The lowest BCUT2D eigenvalue weighted by atomic mass is 10.2. The second-order valence-electron chi connectivity index (χ2n) is 3.41. The lowest BCUT2D eigenvalue weighted by Gasteiger charge is -2.05. The maximum Gasteiger partial charge on any atom is 0.352 e. The van der Waals surface area contributed by atoms with Gasteiger partial charge >= 0.3 is 5.97 Å². The highest BCUT2D eigenvalue weighted by Gasteiger charge is 2.13. The fraction of sp³-hybridized carbons (Fsp3) is 0.182. The minimum Gasteiger partial charge on any atom is -0.477 e. The van der Waals surface area contributed by atoms with Gasteiger partial charge in [0.25, 0.3) is 0 Å². The summed E-state index contributed by atoms with van der Waals surface area (Å²) in [6.45, 7) is 0.201. The average Bonchev–Trinajstić information content (AvgIpc) is 2.57. The molecule has 1 heterocycles. The Hall–Kier alpha value is -1.33. The number of carboxylic acids is 1. The van der Waals surface area contributed by atoms with Crippen LogP contribution in [0.3, 0.4) is 0 Å². The van der Waals surface area contributed by atoms with Crippen molar-refractivity contribution in [2.75, 3.05) is 6.61 Å². The number of rotatable bonds is 3. The molecule has 4 nitrogen and oxygen atoms in total. The summed E-state index contributed by atoms with van der Waals surface area (Å²) in [5, 5.41) is 18.8. The summed E-state index contributed by atoms with van der Waals surface area (Å²) in [5.74, 6) is -0.985. The number of aromatic nitrogens is 1. The number of halogens is 1. The minimum atomic E-state index is -0.985. The van der Waals surface area contributed by atoms with E-state index in [4.69, 9.17) is 10.2 Å². The van der Waals surface area contributed by atoms with Crippen LogP contribution in [0.5, 0.6) is 0 Å². The van der Waals surface area contributed by atoms with Crippen LogP contribution in [0.25, 0.3) is 10.9 Å². The van der Waals surface area contributed by atoms with Crippen molar-refractivity contribution in [1.29, 1.82) is 0 Å². The van der Waals surface area contributed by atoms with E-state index in [2.05, 4.69) is 15.9 Å². The Labute approximate surface area is 100 Å². The van der Waals surface area contributed by atoms with Crippen LogP contribution < -0.4 is 0 Å². The predicted molar refractivity (Wildman–Crippen MR) is 63.7 cm³/mol. The number of aliphatic hydroxyl groups is 1. The first-order valence-corrected chi connectivity index (χ1v) is 5.55. The molecule has 0 unspecified atom stereocenters. The fourth-order valence-electron chi connectivity index (χ4n) is 1.76. The highest BCUT2D eigenvalue weighted by molar-refractivity contribution is 9.10. The zero-order valence-corrected chi connectivity index (χ0v) is 9.94. The third-order valence-electron chi connectivity index (χ3n) is 2.41. The summed E-state index contributed by atoms with van der Waals surface area (Å²) >= 11 is 3.34. The molecule has 0 radical (unpaired) electrons. The molecule has 0 saturated heterocycles. The van der Waals surface area contributed by atoms with Gasteiger partial charge in [0.1, 0.15) is 5.69 Å². The van der Waals surface area contributed by atoms with Crippen molar-refractivity contribution in [1.82, 2.24) is 4.57 Å². The Balaban J connectivity index is 2.70. The molecule has 0 fully saturated rings. The maximum atomic E-state index is 11.0. The van der Waals surface area contributed by atoms with Gasteiger partial charge in [0.2, 0.25) is 0 Å². The van der Waals surface area contributed by atoms with Crippen LogP contribution in [0.4, 0.5) is 0 Å². The summed E-state index contributed by atoms with van der Waals surface area (Å²) in [6.07, 6.45) is 0. The van der Waals surface area contributed by atoms with Crippen LogP contribution in [0.15, 0.2) is 28.7 Å². The van der Waals surface area contributed by atoms with Crippen molar-refractivity contribution in [2.24, 2.45) is 0 Å². The molecule has 84 valence electrons. The molecule has 0 amide bonds. The lowest BCUT2D eigenvalue weighted by molar-refractivity contribution is 0.0684. The number of aliphatic hydroxyl groups excluding tert-OH is 1. The van der Waals surface area contributed by atoms with Gasteiger partial charge < -0.3 is 14.8 Å². The van der Waals surface area contributed by atoms with Crippen molar-refractivity contribution in [3.05, 3.63) is 34.4 Å². The van der Waals surface area contributed by atoms with E-state index in [1.54, 1.807) is 10.6 Å². The van der Waals surface area contributed by atoms with Crippen molar-refractivity contribution in [3.8, 4) is 0 Å². The van der Waals surface area contributed by atoms with Crippen molar-refractivity contribution < 1.29 is 15.0 Å². The highest BCUT2D eigenvalue weighted by Crippen LogP contribution is 2.23. The lowest BCUT2D eigenvalue weighted by Crippen LogP contribution is -2.10. The average molecular weight is 284 g/mol. The van der Waals surface area contributed by atoms with E-state index in [0.29, 0.717) is 0 Å². The Morgan fingerprint density at radius 2 is 2.12 bits per heavy atom. The molecule has 0 aliphatic carbocycles. The summed E-state index contributed by atoms with van der Waals surface area (Å²) in [5.41, 5.74) is 1.01. The molecule has 1 aromatic heterocycles. The summed E-state index contributed by atoms with van der Waals surface area (Å²) in [4.78, 5) is 11.0. The van der Waals surface area contributed by atoms with Crippen molar-refractivity contribution in [3.63, 3.8) is 0 Å². The molecular weight excluding hydrogens is 274 g/mol. The van der Waals surface area contributed by atoms with Crippen LogP contribution in [-0.4, -0.2) is 27.4 Å². The molecule has 5 heteroatoms. The number of aromatic carboxylic acids is 1. The maximum absolute atomic E-state index is 11.0. The number of carboxylic acid groups (broad SMARTS) is 1. The highest BCUT2D eigenvalue weighted by atomic mass is 79.9. The van der Waals surface area contributed by atoms with Crippen LogP contribution >= 0.6 is 15.9 Å². The molecule has 16 heavy (non-hydrogen) atoms. The standard InChI is InChI=1S/C11H10BrNO3/c12-8-1-2-9-7(5-8)6-10(11(15)16)13(9)3-4-14/h1-2,5-6,14H,3-4H2,(H,15,16). The van der Waals surface area contributed by atoms with E-state index in [1.165, 1.54) is 0 Å². The zero-order valence-electron chi connectivity index (χ0n) is 8.35. The van der Waals surface area contributed by atoms with Gasteiger partial charge in [-0.05, 0) is 24.3 Å². The Morgan fingerprint density at radius 1 is 1.38 bits per heavy atom. The third kappa shape index (κ3) is 1.83. The molecule has 0 bridgehead atoms. The summed E-state index contributed by atoms with van der Waals surface area (Å²) in [7, 11) is 0. The van der Waals surface area contributed by atoms with Crippen LogP contribution in [0.1, 0.15) is 10.5 Å². The van der Waals surface area contributed by atoms with Crippen molar-refractivity contribution >= 4 is 32.8 Å². The van der Waals surface area contributed by atoms with Gasteiger partial charge in [0, 0.05) is 21.9 Å². The second kappa shape index (κ2) is 4.27. The van der Waals surface area contributed by atoms with Gasteiger partial charge in [-0.15, -0.1) is 0 Å². The predicted octanol–water partition coefficient (Wildman–Crippen LogP) is 2.09. The Bertz CT molecular complexity index is 547. The molecule has 0 atom stereocenters. The molecule has 0 saturated carbocycles. The first-order chi connectivity index (χ1) is 7.63. The molecule has 2 aromatic rings. The molecule has 0 aliphatic rings. The molecule has 2 N–H and O–H groups in total. The molecule has 1 aromatic carbocycles.